The van der Waals surface area contributed by atoms with Crippen molar-refractivity contribution in [1.29, 1.82) is 0 Å². The zero-order chi connectivity index (χ0) is 8.64. The normalized spacial score (nSPS) is 78.0. The van der Waals surface area contributed by atoms with Gasteiger partial charge in [-0.1, -0.05) is 13.8 Å². The lowest BCUT2D eigenvalue weighted by molar-refractivity contribution is -0.0287. The van der Waals surface area contributed by atoms with Crippen molar-refractivity contribution in [2.75, 3.05) is 0 Å². The van der Waals surface area contributed by atoms with Crippen molar-refractivity contribution in [2.45, 2.75) is 39.5 Å². The Kier molecular flexibility index (Phi) is 0.626. The second-order valence-corrected chi connectivity index (χ2v) is 7.12. The predicted molar refractivity (Wildman–Crippen MR) is 51.1 cm³/mol. The Hall–Kier alpha value is 0. The Labute approximate surface area is 80.1 Å². The summed E-state index contributed by atoms with van der Waals surface area (Å²) in [6, 6.07) is 0. The third-order valence-corrected chi connectivity index (χ3v) is 7.37. The first-order valence-corrected chi connectivity index (χ1v) is 6.17. The smallest absolute Gasteiger partial charge is 0.0111 e. The number of rotatable bonds is 0. The van der Waals surface area contributed by atoms with E-state index < -0.39 is 0 Å². The zero-order valence-corrected chi connectivity index (χ0v) is 8.64. The number of hydrogen-bond acceptors (Lipinski definition) is 0. The van der Waals surface area contributed by atoms with Gasteiger partial charge in [0.1, 0.15) is 0 Å². The summed E-state index contributed by atoms with van der Waals surface area (Å²) in [5, 5.41) is 0. The average molecular weight is 174 g/mol. The molecule has 0 aromatic rings. The molecular weight excluding hydrogens is 156 g/mol. The highest BCUT2D eigenvalue weighted by Crippen LogP contribution is 3.11. The molecule has 0 nitrogen and oxygen atoms in total. The van der Waals surface area contributed by atoms with Crippen molar-refractivity contribution in [2.24, 2.45) is 39.9 Å². The van der Waals surface area contributed by atoms with Crippen LogP contribution < -0.4 is 0 Å². The number of hydrogen-bond donors (Lipinski definition) is 0. The molecule has 6 rings (SSSR count). The molecule has 2 spiro atoms. The minimum absolute atomic E-state index is 0.781. The van der Waals surface area contributed by atoms with Crippen LogP contribution in [0.4, 0.5) is 0 Å². The Balaban J connectivity index is 1.81. The molecule has 4 bridgehead atoms. The van der Waals surface area contributed by atoms with Gasteiger partial charge in [0.05, 0.1) is 0 Å². The van der Waals surface area contributed by atoms with Crippen LogP contribution in [0.5, 0.6) is 0 Å². The maximum Gasteiger partial charge on any atom is -0.0111 e. The molecule has 0 N–H and O–H groups in total. The Morgan fingerprint density at radius 1 is 0.846 bits per heavy atom. The van der Waals surface area contributed by atoms with Gasteiger partial charge in [0.15, 0.2) is 0 Å². The van der Waals surface area contributed by atoms with Crippen molar-refractivity contribution in [3.8, 4) is 0 Å². The van der Waals surface area contributed by atoms with Crippen molar-refractivity contribution >= 4 is 0 Å². The fourth-order valence-corrected chi connectivity index (χ4v) is 7.75. The highest BCUT2D eigenvalue weighted by Gasteiger charge is 3.07. The first-order chi connectivity index (χ1) is 6.17. The van der Waals surface area contributed by atoms with Crippen LogP contribution in [0.15, 0.2) is 0 Å². The molecule has 0 radical (unpaired) electrons. The molecular formula is C13H18. The van der Waals surface area contributed by atoms with Crippen molar-refractivity contribution in [3.05, 3.63) is 0 Å². The monoisotopic (exact) mass is 174 g/mol. The van der Waals surface area contributed by atoms with Crippen LogP contribution in [0.3, 0.4) is 0 Å². The van der Waals surface area contributed by atoms with E-state index in [1.54, 1.807) is 25.7 Å². The van der Waals surface area contributed by atoms with E-state index in [0.29, 0.717) is 0 Å². The van der Waals surface area contributed by atoms with Gasteiger partial charge in [-0.05, 0) is 65.6 Å². The van der Waals surface area contributed by atoms with Crippen molar-refractivity contribution in [1.82, 2.24) is 0 Å². The van der Waals surface area contributed by atoms with Crippen LogP contribution in [0.1, 0.15) is 39.5 Å². The standard InChI is InChI=1S/C13H18/c1-11(2)12-8-3-7-4-9(6-8)13(11,12)10(12)5-7/h7-10H,3-6H2,1-2H3. The van der Waals surface area contributed by atoms with Gasteiger partial charge in [-0.15, -0.1) is 0 Å². The van der Waals surface area contributed by atoms with E-state index in [9.17, 15) is 0 Å². The molecule has 0 heteroatoms. The largest absolute Gasteiger partial charge is 0.0588 e. The lowest BCUT2D eigenvalue weighted by Gasteiger charge is -2.52. The molecule has 0 amide bonds. The summed E-state index contributed by atoms with van der Waals surface area (Å²) in [7, 11) is 0. The van der Waals surface area contributed by atoms with E-state index >= 15 is 0 Å². The maximum atomic E-state index is 2.58. The van der Waals surface area contributed by atoms with Gasteiger partial charge >= 0.3 is 0 Å². The van der Waals surface area contributed by atoms with E-state index in [1.165, 1.54) is 23.7 Å². The third-order valence-electron chi connectivity index (χ3n) is 7.37. The quantitative estimate of drug-likeness (QED) is 0.529. The molecule has 6 fully saturated rings. The molecule has 6 aliphatic rings. The predicted octanol–water partition coefficient (Wildman–Crippen LogP) is 3.08. The SMILES string of the molecule is CC1(C)C23C4CC5CC(C4)C12C3C5. The van der Waals surface area contributed by atoms with E-state index in [-0.39, 0.29) is 0 Å². The molecule has 0 aromatic carbocycles. The lowest BCUT2D eigenvalue weighted by Crippen LogP contribution is -2.44. The van der Waals surface area contributed by atoms with Crippen LogP contribution in [0, 0.1) is 39.9 Å². The average Bonchev–Trinajstić information content (AvgIpc) is 2.80. The van der Waals surface area contributed by atoms with Gasteiger partial charge in [-0.3, -0.25) is 0 Å². The van der Waals surface area contributed by atoms with Crippen LogP contribution in [-0.2, 0) is 0 Å². The molecule has 4 unspecified atom stereocenters. The highest BCUT2D eigenvalue weighted by molar-refractivity contribution is 5.54. The summed E-state index contributed by atoms with van der Waals surface area (Å²) in [5.41, 5.74) is 2.64. The lowest BCUT2D eigenvalue weighted by atomic mass is 9.53. The summed E-state index contributed by atoms with van der Waals surface area (Å²) < 4.78 is 0. The van der Waals surface area contributed by atoms with Gasteiger partial charge in [0, 0.05) is 0 Å². The summed E-state index contributed by atoms with van der Waals surface area (Å²) >= 11 is 0. The molecule has 0 aromatic heterocycles. The van der Waals surface area contributed by atoms with Gasteiger partial charge < -0.3 is 0 Å². The van der Waals surface area contributed by atoms with Gasteiger partial charge in [-0.25, -0.2) is 0 Å². The van der Waals surface area contributed by atoms with E-state index in [2.05, 4.69) is 13.8 Å². The molecule has 70 valence electrons. The van der Waals surface area contributed by atoms with Crippen LogP contribution >= 0.6 is 0 Å². The Morgan fingerprint density at radius 3 is 2.00 bits per heavy atom. The third kappa shape index (κ3) is 0.302. The van der Waals surface area contributed by atoms with Crippen LogP contribution in [-0.4, -0.2) is 0 Å². The van der Waals surface area contributed by atoms with E-state index in [1.807, 2.05) is 0 Å². The van der Waals surface area contributed by atoms with Crippen molar-refractivity contribution < 1.29 is 0 Å². The summed E-state index contributed by atoms with van der Waals surface area (Å²) in [6.45, 7) is 5.16. The minimum Gasteiger partial charge on any atom is -0.0588 e. The molecule has 6 aliphatic carbocycles. The van der Waals surface area contributed by atoms with Crippen molar-refractivity contribution in [3.63, 3.8) is 0 Å². The van der Waals surface area contributed by atoms with Gasteiger partial charge in [-0.2, -0.15) is 0 Å². The first-order valence-electron chi connectivity index (χ1n) is 6.17. The van der Waals surface area contributed by atoms with Crippen LogP contribution in [0.2, 0.25) is 0 Å². The zero-order valence-electron chi connectivity index (χ0n) is 8.64. The molecule has 0 aliphatic heterocycles. The molecule has 6 saturated carbocycles. The van der Waals surface area contributed by atoms with Crippen LogP contribution in [0.25, 0.3) is 0 Å². The summed E-state index contributed by atoms with van der Waals surface area (Å²) in [6.07, 6.45) is 6.52. The highest BCUT2D eigenvalue weighted by atomic mass is 15.1. The van der Waals surface area contributed by atoms with Gasteiger partial charge in [0.2, 0.25) is 0 Å². The summed E-state index contributed by atoms with van der Waals surface area (Å²) in [4.78, 5) is 0. The second-order valence-electron chi connectivity index (χ2n) is 7.12. The molecule has 0 saturated heterocycles. The maximum absolute atomic E-state index is 2.58. The molecule has 4 atom stereocenters. The Morgan fingerprint density at radius 2 is 1.46 bits per heavy atom. The fourth-order valence-electron chi connectivity index (χ4n) is 7.75. The van der Waals surface area contributed by atoms with E-state index in [0.717, 1.165) is 16.2 Å². The van der Waals surface area contributed by atoms with Gasteiger partial charge in [0.25, 0.3) is 0 Å². The fraction of sp³-hybridized carbons (Fsp3) is 1.00. The summed E-state index contributed by atoms with van der Waals surface area (Å²) in [5.74, 6) is 4.77. The first kappa shape index (κ1) is 6.48. The molecule has 13 heavy (non-hydrogen) atoms. The Bertz CT molecular complexity index is 314. The minimum atomic E-state index is 0.781. The molecule has 0 heterocycles. The topological polar surface area (TPSA) is 0 Å². The van der Waals surface area contributed by atoms with E-state index in [4.69, 9.17) is 0 Å². The second kappa shape index (κ2) is 1.26.